The molecule has 2 rings (SSSR count). The molecule has 0 saturated carbocycles. The van der Waals surface area contributed by atoms with Crippen LogP contribution in [0.25, 0.3) is 0 Å². The third-order valence-electron chi connectivity index (χ3n) is 3.62. The molecular formula is C16H26N4O3. The quantitative estimate of drug-likeness (QED) is 0.917. The summed E-state index contributed by atoms with van der Waals surface area (Å²) >= 11 is 0. The zero-order chi connectivity index (χ0) is 17.0. The van der Waals surface area contributed by atoms with Crippen LogP contribution in [0.5, 0.6) is 0 Å². The van der Waals surface area contributed by atoms with Crippen LogP contribution in [0.4, 0.5) is 4.79 Å². The van der Waals surface area contributed by atoms with Crippen molar-refractivity contribution in [2.24, 2.45) is 0 Å². The maximum absolute atomic E-state index is 12.5. The molecule has 7 nitrogen and oxygen atoms in total. The van der Waals surface area contributed by atoms with Crippen LogP contribution in [-0.4, -0.2) is 50.7 Å². The lowest BCUT2D eigenvalue weighted by Gasteiger charge is -2.28. The van der Waals surface area contributed by atoms with Crippen LogP contribution in [0, 0.1) is 0 Å². The molecule has 2 heterocycles. The van der Waals surface area contributed by atoms with E-state index in [9.17, 15) is 9.59 Å². The number of amides is 2. The van der Waals surface area contributed by atoms with Crippen molar-refractivity contribution in [3.05, 3.63) is 18.7 Å². The standard InChI is InChI=1S/C16H26N4O3/c1-12(10-19-9-7-17-11-19)18-14(21)13-6-5-8-20(13)15(22)23-16(2,3)4/h7,9,11-13H,5-6,8,10H2,1-4H3,(H,18,21). The smallest absolute Gasteiger partial charge is 0.410 e. The Bertz CT molecular complexity index is 536. The summed E-state index contributed by atoms with van der Waals surface area (Å²) in [5.41, 5.74) is -0.560. The van der Waals surface area contributed by atoms with Gasteiger partial charge in [0.15, 0.2) is 0 Å². The van der Waals surface area contributed by atoms with E-state index in [1.54, 1.807) is 12.5 Å². The molecule has 2 unspecified atom stereocenters. The molecule has 128 valence electrons. The van der Waals surface area contributed by atoms with Gasteiger partial charge in [-0.25, -0.2) is 9.78 Å². The van der Waals surface area contributed by atoms with Gasteiger partial charge in [0.1, 0.15) is 11.6 Å². The first-order chi connectivity index (χ1) is 10.8. The highest BCUT2D eigenvalue weighted by atomic mass is 16.6. The molecule has 1 aromatic rings. The Morgan fingerprint density at radius 1 is 1.43 bits per heavy atom. The zero-order valence-electron chi connectivity index (χ0n) is 14.3. The maximum Gasteiger partial charge on any atom is 0.410 e. The van der Waals surface area contributed by atoms with Gasteiger partial charge in [-0.2, -0.15) is 0 Å². The number of imidazole rings is 1. The zero-order valence-corrected chi connectivity index (χ0v) is 14.3. The van der Waals surface area contributed by atoms with Crippen molar-refractivity contribution in [2.45, 2.75) is 64.8 Å². The van der Waals surface area contributed by atoms with Crippen molar-refractivity contribution in [3.63, 3.8) is 0 Å². The van der Waals surface area contributed by atoms with E-state index in [1.165, 1.54) is 4.90 Å². The second kappa shape index (κ2) is 7.02. The highest BCUT2D eigenvalue weighted by Crippen LogP contribution is 2.21. The number of ether oxygens (including phenoxy) is 1. The van der Waals surface area contributed by atoms with Crippen molar-refractivity contribution in [1.29, 1.82) is 0 Å². The molecule has 1 saturated heterocycles. The van der Waals surface area contributed by atoms with Crippen LogP contribution in [0.15, 0.2) is 18.7 Å². The van der Waals surface area contributed by atoms with Crippen molar-refractivity contribution in [1.82, 2.24) is 19.8 Å². The Balaban J connectivity index is 1.91. The minimum Gasteiger partial charge on any atom is -0.444 e. The Morgan fingerprint density at radius 3 is 2.78 bits per heavy atom. The van der Waals surface area contributed by atoms with Gasteiger partial charge in [0.25, 0.3) is 0 Å². The summed E-state index contributed by atoms with van der Waals surface area (Å²) in [7, 11) is 0. The summed E-state index contributed by atoms with van der Waals surface area (Å²) in [4.78, 5) is 30.2. The number of rotatable bonds is 4. The number of likely N-dealkylation sites (tertiary alicyclic amines) is 1. The molecule has 1 aliphatic heterocycles. The van der Waals surface area contributed by atoms with Crippen molar-refractivity contribution in [3.8, 4) is 0 Å². The number of nitrogens with zero attached hydrogens (tertiary/aromatic N) is 3. The number of hydrogen-bond acceptors (Lipinski definition) is 4. The van der Waals surface area contributed by atoms with Crippen LogP contribution < -0.4 is 5.32 Å². The predicted octanol–water partition coefficient (Wildman–Crippen LogP) is 1.79. The van der Waals surface area contributed by atoms with Gasteiger partial charge in [-0.05, 0) is 40.5 Å². The van der Waals surface area contributed by atoms with E-state index in [-0.39, 0.29) is 11.9 Å². The van der Waals surface area contributed by atoms with E-state index < -0.39 is 17.7 Å². The number of carbonyl (C=O) groups is 2. The highest BCUT2D eigenvalue weighted by Gasteiger charge is 2.36. The molecule has 0 aromatic carbocycles. The first-order valence-electron chi connectivity index (χ1n) is 8.02. The maximum atomic E-state index is 12.5. The molecule has 23 heavy (non-hydrogen) atoms. The number of carbonyl (C=O) groups excluding carboxylic acids is 2. The van der Waals surface area contributed by atoms with Crippen LogP contribution in [-0.2, 0) is 16.1 Å². The normalized spacial score (nSPS) is 19.5. The van der Waals surface area contributed by atoms with Gasteiger partial charge in [-0.1, -0.05) is 0 Å². The van der Waals surface area contributed by atoms with Gasteiger partial charge in [0, 0.05) is 31.5 Å². The number of hydrogen-bond donors (Lipinski definition) is 1. The number of aromatic nitrogens is 2. The third-order valence-corrected chi connectivity index (χ3v) is 3.62. The van der Waals surface area contributed by atoms with Crippen LogP contribution in [0.2, 0.25) is 0 Å². The van der Waals surface area contributed by atoms with E-state index >= 15 is 0 Å². The van der Waals surface area contributed by atoms with Crippen LogP contribution >= 0.6 is 0 Å². The van der Waals surface area contributed by atoms with E-state index in [2.05, 4.69) is 10.3 Å². The average molecular weight is 322 g/mol. The highest BCUT2D eigenvalue weighted by molar-refractivity contribution is 5.86. The fraction of sp³-hybridized carbons (Fsp3) is 0.688. The molecule has 1 aromatic heterocycles. The van der Waals surface area contributed by atoms with Crippen LogP contribution in [0.1, 0.15) is 40.5 Å². The number of nitrogens with one attached hydrogen (secondary N) is 1. The minimum absolute atomic E-state index is 0.0437. The van der Waals surface area contributed by atoms with Gasteiger partial charge in [0.2, 0.25) is 5.91 Å². The fourth-order valence-electron chi connectivity index (χ4n) is 2.67. The Labute approximate surface area is 137 Å². The van der Waals surface area contributed by atoms with E-state index in [0.29, 0.717) is 19.5 Å². The average Bonchev–Trinajstić information content (AvgIpc) is 3.06. The Hall–Kier alpha value is -2.05. The lowest BCUT2D eigenvalue weighted by Crippen LogP contribution is -2.50. The molecule has 1 N–H and O–H groups in total. The molecule has 1 fully saturated rings. The van der Waals surface area contributed by atoms with Gasteiger partial charge < -0.3 is 14.6 Å². The second-order valence-corrected chi connectivity index (χ2v) is 7.00. The molecular weight excluding hydrogens is 296 g/mol. The summed E-state index contributed by atoms with van der Waals surface area (Å²) in [6.45, 7) is 8.61. The molecule has 0 spiro atoms. The molecule has 1 aliphatic rings. The molecule has 7 heteroatoms. The molecule has 0 bridgehead atoms. The van der Waals surface area contributed by atoms with Gasteiger partial charge in [0.05, 0.1) is 6.33 Å². The summed E-state index contributed by atoms with van der Waals surface area (Å²) in [6, 6.07) is -0.493. The first kappa shape index (κ1) is 17.3. The Kier molecular flexibility index (Phi) is 5.28. The van der Waals surface area contributed by atoms with Crippen molar-refractivity contribution < 1.29 is 14.3 Å². The summed E-state index contributed by atoms with van der Waals surface area (Å²) in [6.07, 6.45) is 6.33. The van der Waals surface area contributed by atoms with Crippen molar-refractivity contribution >= 4 is 12.0 Å². The minimum atomic E-state index is -0.560. The monoisotopic (exact) mass is 322 g/mol. The van der Waals surface area contributed by atoms with Gasteiger partial charge >= 0.3 is 6.09 Å². The van der Waals surface area contributed by atoms with Crippen molar-refractivity contribution in [2.75, 3.05) is 6.54 Å². The topological polar surface area (TPSA) is 76.5 Å². The summed E-state index contributed by atoms with van der Waals surface area (Å²) in [5, 5.41) is 2.97. The Morgan fingerprint density at radius 2 is 2.17 bits per heavy atom. The molecule has 2 atom stereocenters. The molecule has 0 radical (unpaired) electrons. The fourth-order valence-corrected chi connectivity index (χ4v) is 2.67. The third kappa shape index (κ3) is 4.97. The second-order valence-electron chi connectivity index (χ2n) is 7.00. The molecule has 2 amide bonds. The van der Waals surface area contributed by atoms with E-state index in [4.69, 9.17) is 4.74 Å². The summed E-state index contributed by atoms with van der Waals surface area (Å²) in [5.74, 6) is -0.124. The first-order valence-corrected chi connectivity index (χ1v) is 8.02. The lowest BCUT2D eigenvalue weighted by atomic mass is 10.2. The van der Waals surface area contributed by atoms with Gasteiger partial charge in [-0.3, -0.25) is 9.69 Å². The van der Waals surface area contributed by atoms with E-state index in [0.717, 1.165) is 6.42 Å². The SMILES string of the molecule is CC(Cn1ccnc1)NC(=O)C1CCCN1C(=O)OC(C)(C)C. The van der Waals surface area contributed by atoms with Crippen LogP contribution in [0.3, 0.4) is 0 Å². The lowest BCUT2D eigenvalue weighted by molar-refractivity contribution is -0.126. The predicted molar refractivity (Wildman–Crippen MR) is 85.8 cm³/mol. The summed E-state index contributed by atoms with van der Waals surface area (Å²) < 4.78 is 7.29. The van der Waals surface area contributed by atoms with E-state index in [1.807, 2.05) is 38.5 Å². The van der Waals surface area contributed by atoms with Gasteiger partial charge in [-0.15, -0.1) is 0 Å². The molecule has 0 aliphatic carbocycles. The largest absolute Gasteiger partial charge is 0.444 e.